The number of allylic oxidation sites excluding steroid dienone is 1. The number of halogens is 1. The summed E-state index contributed by atoms with van der Waals surface area (Å²) in [7, 11) is 0. The molecule has 0 aliphatic carbocycles. The van der Waals surface area contributed by atoms with Crippen LogP contribution in [0.4, 0.5) is 10.1 Å². The first kappa shape index (κ1) is 13.3. The molecule has 0 bridgehead atoms. The van der Waals surface area contributed by atoms with Crippen LogP contribution < -0.4 is 5.32 Å². The fraction of sp³-hybridized carbons (Fsp3) is 0. The highest BCUT2D eigenvalue weighted by molar-refractivity contribution is 7.19. The van der Waals surface area contributed by atoms with Crippen LogP contribution in [-0.4, -0.2) is 4.98 Å². The summed E-state index contributed by atoms with van der Waals surface area (Å²) in [5.74, 6) is -0.365. The van der Waals surface area contributed by atoms with Crippen molar-refractivity contribution in [2.45, 2.75) is 0 Å². The zero-order valence-electron chi connectivity index (χ0n) is 10.9. The molecule has 3 nitrogen and oxygen atoms in total. The molecule has 0 aliphatic heterocycles. The summed E-state index contributed by atoms with van der Waals surface area (Å²) in [6.45, 7) is 0. The Hall–Kier alpha value is -2.71. The van der Waals surface area contributed by atoms with Crippen molar-refractivity contribution in [2.75, 3.05) is 5.32 Å². The van der Waals surface area contributed by atoms with E-state index in [2.05, 4.69) is 16.4 Å². The number of nitrogens with one attached hydrogen (secondary N) is 1. The molecule has 1 N–H and O–H groups in total. The first-order valence-electron chi connectivity index (χ1n) is 6.25. The molecule has 3 rings (SSSR count). The summed E-state index contributed by atoms with van der Waals surface area (Å²) in [4.78, 5) is 4.41. The molecule has 0 saturated heterocycles. The van der Waals surface area contributed by atoms with E-state index in [1.54, 1.807) is 18.2 Å². The van der Waals surface area contributed by atoms with Crippen molar-refractivity contribution in [3.8, 4) is 6.07 Å². The molecular formula is C16H10FN3S. The third-order valence-electron chi connectivity index (χ3n) is 2.89. The van der Waals surface area contributed by atoms with Crippen LogP contribution in [0.3, 0.4) is 0 Å². The van der Waals surface area contributed by atoms with E-state index in [1.165, 1.54) is 23.6 Å². The molecule has 0 radical (unpaired) electrons. The van der Waals surface area contributed by atoms with Gasteiger partial charge in [-0.2, -0.15) is 5.26 Å². The maximum absolute atomic E-state index is 13.5. The molecule has 21 heavy (non-hydrogen) atoms. The van der Waals surface area contributed by atoms with Gasteiger partial charge in [0.05, 0.1) is 15.9 Å². The highest BCUT2D eigenvalue weighted by atomic mass is 32.1. The van der Waals surface area contributed by atoms with Crippen LogP contribution in [0.2, 0.25) is 0 Å². The van der Waals surface area contributed by atoms with E-state index in [-0.39, 0.29) is 5.82 Å². The van der Waals surface area contributed by atoms with Gasteiger partial charge in [-0.3, -0.25) is 0 Å². The van der Waals surface area contributed by atoms with E-state index in [0.717, 1.165) is 10.2 Å². The van der Waals surface area contributed by atoms with Crippen LogP contribution >= 0.6 is 11.3 Å². The molecule has 1 aromatic heterocycles. The minimum Gasteiger partial charge on any atom is -0.358 e. The van der Waals surface area contributed by atoms with Crippen LogP contribution in [0.1, 0.15) is 5.01 Å². The Morgan fingerprint density at radius 2 is 1.95 bits per heavy atom. The number of aromatic nitrogens is 1. The third kappa shape index (κ3) is 2.76. The maximum atomic E-state index is 13.5. The van der Waals surface area contributed by atoms with Crippen molar-refractivity contribution in [3.05, 3.63) is 65.6 Å². The number of hydrogen-bond acceptors (Lipinski definition) is 4. The summed E-state index contributed by atoms with van der Waals surface area (Å²) >= 11 is 1.43. The van der Waals surface area contributed by atoms with Gasteiger partial charge in [-0.05, 0) is 24.3 Å². The van der Waals surface area contributed by atoms with Crippen molar-refractivity contribution in [1.29, 1.82) is 5.26 Å². The van der Waals surface area contributed by atoms with Gasteiger partial charge >= 0.3 is 0 Å². The second-order valence-corrected chi connectivity index (χ2v) is 5.31. The van der Waals surface area contributed by atoms with Crippen LogP contribution in [0.5, 0.6) is 0 Å². The summed E-state index contributed by atoms with van der Waals surface area (Å²) in [6, 6.07) is 16.1. The van der Waals surface area contributed by atoms with Gasteiger partial charge < -0.3 is 5.32 Å². The topological polar surface area (TPSA) is 48.7 Å². The van der Waals surface area contributed by atoms with Crippen LogP contribution in [0.15, 0.2) is 54.7 Å². The highest BCUT2D eigenvalue weighted by Crippen LogP contribution is 2.26. The van der Waals surface area contributed by atoms with E-state index in [4.69, 9.17) is 0 Å². The van der Waals surface area contributed by atoms with Gasteiger partial charge in [-0.15, -0.1) is 11.3 Å². The van der Waals surface area contributed by atoms with Gasteiger partial charge in [0.2, 0.25) is 0 Å². The minimum absolute atomic E-state index is 0.325. The highest BCUT2D eigenvalue weighted by Gasteiger charge is 2.08. The van der Waals surface area contributed by atoms with E-state index in [0.29, 0.717) is 16.3 Å². The van der Waals surface area contributed by atoms with Crippen LogP contribution in [0.25, 0.3) is 15.8 Å². The predicted octanol–water partition coefficient (Wildman–Crippen LogP) is 4.41. The van der Waals surface area contributed by atoms with Crippen LogP contribution in [0, 0.1) is 17.1 Å². The van der Waals surface area contributed by atoms with E-state index in [1.807, 2.05) is 24.3 Å². The van der Waals surface area contributed by atoms with E-state index >= 15 is 0 Å². The fourth-order valence-electron chi connectivity index (χ4n) is 1.86. The molecule has 0 amide bonds. The average molecular weight is 295 g/mol. The molecule has 3 aromatic rings. The Bertz CT molecular complexity index is 828. The number of benzene rings is 2. The standard InChI is InChI=1S/C16H10FN3S/c17-12-5-1-2-6-13(12)19-10-11(9-18)16-20-14-7-3-4-8-15(14)21-16/h1-8,10,19H/b11-10+. The fourth-order valence-corrected chi connectivity index (χ4v) is 2.79. The minimum atomic E-state index is -0.365. The molecule has 102 valence electrons. The van der Waals surface area contributed by atoms with E-state index < -0.39 is 0 Å². The summed E-state index contributed by atoms with van der Waals surface area (Å²) < 4.78 is 14.5. The van der Waals surface area contributed by atoms with Crippen LogP contribution in [-0.2, 0) is 0 Å². The SMILES string of the molecule is N#C/C(=C\Nc1ccccc1F)c1nc2ccccc2s1. The summed E-state index contributed by atoms with van der Waals surface area (Å²) in [5.41, 5.74) is 1.55. The van der Waals surface area contributed by atoms with Crippen molar-refractivity contribution in [1.82, 2.24) is 4.98 Å². The Morgan fingerprint density at radius 3 is 2.71 bits per heavy atom. The second-order valence-electron chi connectivity index (χ2n) is 4.28. The molecule has 5 heteroatoms. The molecule has 0 spiro atoms. The lowest BCUT2D eigenvalue weighted by Gasteiger charge is -2.02. The molecule has 1 heterocycles. The normalized spacial score (nSPS) is 11.3. The van der Waals surface area contributed by atoms with Gasteiger partial charge in [0.25, 0.3) is 0 Å². The number of para-hydroxylation sites is 2. The van der Waals surface area contributed by atoms with Crippen molar-refractivity contribution in [3.63, 3.8) is 0 Å². The number of anilines is 1. The smallest absolute Gasteiger partial charge is 0.146 e. The molecule has 0 atom stereocenters. The van der Waals surface area contributed by atoms with Gasteiger partial charge in [0.1, 0.15) is 22.5 Å². The molecule has 2 aromatic carbocycles. The average Bonchev–Trinajstić information content (AvgIpc) is 2.93. The molecule has 0 unspecified atom stereocenters. The Morgan fingerprint density at radius 1 is 1.19 bits per heavy atom. The summed E-state index contributed by atoms with van der Waals surface area (Å²) in [5, 5.41) is 12.7. The number of nitrogens with zero attached hydrogens (tertiary/aromatic N) is 2. The van der Waals surface area contributed by atoms with Crippen molar-refractivity contribution in [2.24, 2.45) is 0 Å². The lowest BCUT2D eigenvalue weighted by molar-refractivity contribution is 0.632. The number of nitriles is 1. The predicted molar refractivity (Wildman–Crippen MR) is 83.2 cm³/mol. The van der Waals surface area contributed by atoms with Gasteiger partial charge in [-0.1, -0.05) is 24.3 Å². The summed E-state index contributed by atoms with van der Waals surface area (Å²) in [6.07, 6.45) is 1.48. The molecule has 0 fully saturated rings. The van der Waals surface area contributed by atoms with Crippen molar-refractivity contribution < 1.29 is 4.39 Å². The number of rotatable bonds is 3. The molecule has 0 aliphatic rings. The lowest BCUT2D eigenvalue weighted by Crippen LogP contribution is -1.93. The zero-order chi connectivity index (χ0) is 14.7. The van der Waals surface area contributed by atoms with Gasteiger partial charge in [-0.25, -0.2) is 9.37 Å². The zero-order valence-corrected chi connectivity index (χ0v) is 11.7. The quantitative estimate of drug-likeness (QED) is 0.728. The third-order valence-corrected chi connectivity index (χ3v) is 3.96. The molecule has 0 saturated carbocycles. The number of hydrogen-bond donors (Lipinski definition) is 1. The first-order chi connectivity index (χ1) is 10.3. The Labute approximate surface area is 125 Å². The molecular weight excluding hydrogens is 285 g/mol. The largest absolute Gasteiger partial charge is 0.358 e. The lowest BCUT2D eigenvalue weighted by atomic mass is 10.3. The maximum Gasteiger partial charge on any atom is 0.146 e. The van der Waals surface area contributed by atoms with Gasteiger partial charge in [0.15, 0.2) is 0 Å². The number of thiazole rings is 1. The van der Waals surface area contributed by atoms with Crippen molar-refractivity contribution >= 4 is 32.8 Å². The number of fused-ring (bicyclic) bond motifs is 1. The monoisotopic (exact) mass is 295 g/mol. The second kappa shape index (κ2) is 5.73. The van der Waals surface area contributed by atoms with Gasteiger partial charge in [0, 0.05) is 6.20 Å². The first-order valence-corrected chi connectivity index (χ1v) is 7.07. The Balaban J connectivity index is 1.93. The van der Waals surface area contributed by atoms with E-state index in [9.17, 15) is 9.65 Å². The Kier molecular flexibility index (Phi) is 3.63.